The first-order valence-electron chi connectivity index (χ1n) is 25.1. The number of hydrogen-bond acceptors (Lipinski definition) is 10. The van der Waals surface area contributed by atoms with Crippen molar-refractivity contribution in [2.45, 2.75) is 245 Å². The van der Waals surface area contributed by atoms with E-state index in [-0.39, 0.29) is 98.1 Å². The first kappa shape index (κ1) is 62.8. The fourth-order valence-corrected chi connectivity index (χ4v) is 8.02. The van der Waals surface area contributed by atoms with Gasteiger partial charge in [0.05, 0.1) is 25.4 Å². The molecule has 11 heteroatoms. The number of rotatable bonds is 40. The van der Waals surface area contributed by atoms with E-state index in [1.165, 1.54) is 78.1 Å². The molecule has 0 spiro atoms. The topological polar surface area (TPSA) is 151 Å². The molecule has 4 unspecified atom stereocenters. The zero-order valence-electron chi connectivity index (χ0n) is 41.1. The van der Waals surface area contributed by atoms with E-state index < -0.39 is 11.9 Å². The van der Waals surface area contributed by atoms with Crippen LogP contribution in [0.4, 0.5) is 0 Å². The summed E-state index contributed by atoms with van der Waals surface area (Å²) in [6, 6.07) is 20.4. The molecule has 2 rings (SSSR count). The second kappa shape index (κ2) is 44.3. The van der Waals surface area contributed by atoms with Gasteiger partial charge in [-0.2, -0.15) is 0 Å². The van der Waals surface area contributed by atoms with Crippen LogP contribution in [0.25, 0.3) is 0 Å². The Kier molecular flexibility index (Phi) is 42.8. The molecule has 4 atom stereocenters. The van der Waals surface area contributed by atoms with Crippen LogP contribution in [0, 0.1) is 0 Å². The second-order valence-electron chi connectivity index (χ2n) is 17.5. The van der Waals surface area contributed by atoms with Crippen LogP contribution in [0.2, 0.25) is 0 Å². The zero-order valence-corrected chi connectivity index (χ0v) is 45.5. The van der Waals surface area contributed by atoms with Gasteiger partial charge < -0.3 is 38.7 Å². The van der Waals surface area contributed by atoms with Crippen LogP contribution in [0.5, 0.6) is 0 Å². The number of esters is 2. The Morgan fingerprint density at radius 2 is 0.723 bits per heavy atom. The number of benzene rings is 2. The van der Waals surface area contributed by atoms with Crippen LogP contribution in [-0.2, 0) is 51.3 Å². The molecule has 0 N–H and O–H groups in total. The van der Waals surface area contributed by atoms with Crippen molar-refractivity contribution in [3.05, 3.63) is 71.8 Å². The number of carbonyl (C=O) groups excluding carboxylic acids is 4. The van der Waals surface area contributed by atoms with E-state index in [2.05, 4.69) is 38.1 Å². The van der Waals surface area contributed by atoms with Gasteiger partial charge in [0.2, 0.25) is 0 Å². The van der Waals surface area contributed by atoms with Crippen LogP contribution < -0.4 is 10.2 Å². The van der Waals surface area contributed by atoms with Gasteiger partial charge in [-0.15, -0.1) is 0 Å². The van der Waals surface area contributed by atoms with Crippen LogP contribution in [-0.4, -0.2) is 97.2 Å². The quantitative estimate of drug-likeness (QED) is 0.0358. The zero-order chi connectivity index (χ0) is 46.9. The smallest absolute Gasteiger partial charge is 0.550 e. The molecule has 2 aromatic rings. The Morgan fingerprint density at radius 3 is 1.00 bits per heavy atom. The minimum Gasteiger partial charge on any atom is -0.550 e. The van der Waals surface area contributed by atoms with Gasteiger partial charge in [-0.1, -0.05) is 190 Å². The molecule has 2 aromatic carbocycles. The number of aliphatic carboxylic acids is 2. The molecule has 364 valence electrons. The summed E-state index contributed by atoms with van der Waals surface area (Å²) in [7, 11) is 0. The van der Waals surface area contributed by atoms with Crippen molar-refractivity contribution in [3.63, 3.8) is 0 Å². The van der Waals surface area contributed by atoms with Gasteiger partial charge in [-0.3, -0.25) is 9.59 Å². The number of unbranched alkanes of at least 4 members (excludes halogenated alkanes) is 16. The summed E-state index contributed by atoms with van der Waals surface area (Å²) in [5, 5.41) is 20.8. The summed E-state index contributed by atoms with van der Waals surface area (Å²) in [6.07, 6.45) is 27.5. The van der Waals surface area contributed by atoms with Crippen molar-refractivity contribution in [1.82, 2.24) is 0 Å². The van der Waals surface area contributed by atoms with Crippen LogP contribution in [0.1, 0.15) is 219 Å². The fraction of sp³-hybridized carbons (Fsp3) is 0.704. The van der Waals surface area contributed by atoms with E-state index in [9.17, 15) is 29.4 Å². The third-order valence-corrected chi connectivity index (χ3v) is 11.4. The van der Waals surface area contributed by atoms with E-state index in [1.54, 1.807) is 0 Å². The van der Waals surface area contributed by atoms with E-state index in [4.69, 9.17) is 18.9 Å². The van der Waals surface area contributed by atoms with Crippen LogP contribution in [0.3, 0.4) is 0 Å². The molecule has 0 radical (unpaired) electrons. The summed E-state index contributed by atoms with van der Waals surface area (Å²) >= 11 is 0. The normalized spacial score (nSPS) is 12.7. The second-order valence-corrected chi connectivity index (χ2v) is 17.5. The average Bonchev–Trinajstić information content (AvgIpc) is 3.26. The maximum Gasteiger partial charge on any atom is 2.00 e. The molecule has 65 heavy (non-hydrogen) atoms. The van der Waals surface area contributed by atoms with Gasteiger partial charge in [0.15, 0.2) is 0 Å². The van der Waals surface area contributed by atoms with Crippen LogP contribution >= 0.6 is 0 Å². The Hall–Kier alpha value is -2.19. The predicted octanol–water partition coefficient (Wildman–Crippen LogP) is 11.1. The standard InChI is InChI=1S/2C27H44O5.Ba/c2*1-3-16-26(32-23(2)28)21-25(31-22-24-17-12-11-13-18-24)19-14-9-7-5-4-6-8-10-15-20-27(29)30;/h2*11-13,17-18,25-26H,3-10,14-16,19-22H2,1-2H3,(H,29,30);/q;;+2/p-2. The van der Waals surface area contributed by atoms with Gasteiger partial charge in [-0.05, 0) is 62.5 Å². The summed E-state index contributed by atoms with van der Waals surface area (Å²) < 4.78 is 23.6. The van der Waals surface area contributed by atoms with Gasteiger partial charge in [0.1, 0.15) is 12.2 Å². The summed E-state index contributed by atoms with van der Waals surface area (Å²) in [5.41, 5.74) is 2.33. The Labute approximate surface area is 434 Å². The monoisotopic (exact) mass is 1030 g/mol. The van der Waals surface area contributed by atoms with Gasteiger partial charge >= 0.3 is 60.8 Å². The molecule has 0 heterocycles. The van der Waals surface area contributed by atoms with Crippen LogP contribution in [0.15, 0.2) is 60.7 Å². The predicted molar refractivity (Wildman–Crippen MR) is 258 cm³/mol. The van der Waals surface area contributed by atoms with Crippen molar-refractivity contribution >= 4 is 72.8 Å². The molecular weight excluding hydrogens is 946 g/mol. The SMILES string of the molecule is CCCC(CC(CCCCCCCCCCCC(=O)[O-])OCc1ccccc1)OC(C)=O.CCCC(CC(CCCCCCCCCCCC(=O)[O-])OCc1ccccc1)OC(C)=O.[Ba+2]. The van der Waals surface area contributed by atoms with E-state index >= 15 is 0 Å². The van der Waals surface area contributed by atoms with E-state index in [0.717, 1.165) is 114 Å². The third kappa shape index (κ3) is 40.6. The summed E-state index contributed by atoms with van der Waals surface area (Å²) in [6.45, 7) is 8.35. The molecule has 0 saturated carbocycles. The van der Waals surface area contributed by atoms with E-state index in [1.807, 2.05) is 36.4 Å². The van der Waals surface area contributed by atoms with Gasteiger partial charge in [-0.25, -0.2) is 0 Å². The fourth-order valence-electron chi connectivity index (χ4n) is 8.02. The maximum absolute atomic E-state index is 11.5. The molecule has 0 amide bonds. The number of carboxylic acids is 2. The van der Waals surface area contributed by atoms with Gasteiger partial charge in [0.25, 0.3) is 0 Å². The van der Waals surface area contributed by atoms with Crippen molar-refractivity contribution in [2.75, 3.05) is 0 Å². The molecule has 0 bridgehead atoms. The van der Waals surface area contributed by atoms with Crippen molar-refractivity contribution < 1.29 is 48.3 Å². The molecule has 0 aliphatic heterocycles. The maximum atomic E-state index is 11.5. The summed E-state index contributed by atoms with van der Waals surface area (Å²) in [4.78, 5) is 43.7. The minimum atomic E-state index is -0.940. The molecular formula is C54H86BaO10. The average molecular weight is 1030 g/mol. The van der Waals surface area contributed by atoms with Crippen molar-refractivity contribution in [1.29, 1.82) is 0 Å². The number of ether oxygens (including phenoxy) is 4. The number of carbonyl (C=O) groups is 4. The van der Waals surface area contributed by atoms with E-state index in [0.29, 0.717) is 13.2 Å². The van der Waals surface area contributed by atoms with Crippen molar-refractivity contribution in [2.24, 2.45) is 0 Å². The Morgan fingerprint density at radius 1 is 0.431 bits per heavy atom. The first-order valence-corrected chi connectivity index (χ1v) is 25.1. The molecule has 0 aliphatic carbocycles. The minimum absolute atomic E-state index is 0. The molecule has 0 aliphatic rings. The largest absolute Gasteiger partial charge is 2.00 e. The molecule has 0 fully saturated rings. The number of carboxylic acid groups (broad SMARTS) is 2. The van der Waals surface area contributed by atoms with Gasteiger partial charge in [0, 0.05) is 38.6 Å². The molecule has 10 nitrogen and oxygen atoms in total. The first-order chi connectivity index (χ1) is 31.0. The Bertz CT molecular complexity index is 1320. The molecule has 0 saturated heterocycles. The summed E-state index contributed by atoms with van der Waals surface area (Å²) in [5.74, 6) is -2.32. The van der Waals surface area contributed by atoms with Crippen molar-refractivity contribution in [3.8, 4) is 0 Å². The third-order valence-electron chi connectivity index (χ3n) is 11.4. The molecule has 0 aromatic heterocycles. The Balaban J connectivity index is 0.00000124. The number of hydrogen-bond donors (Lipinski definition) is 0.